The maximum atomic E-state index is 12.7. The summed E-state index contributed by atoms with van der Waals surface area (Å²) in [7, 11) is 0. The van der Waals surface area contributed by atoms with Crippen molar-refractivity contribution in [3.63, 3.8) is 0 Å². The number of hydrogen-bond donors (Lipinski definition) is 1. The van der Waals surface area contributed by atoms with Crippen LogP contribution in [-0.2, 0) is 0 Å². The van der Waals surface area contributed by atoms with Gasteiger partial charge in [0.2, 0.25) is 0 Å². The van der Waals surface area contributed by atoms with Gasteiger partial charge in [-0.2, -0.15) is 5.10 Å². The molecule has 1 aliphatic heterocycles. The molecule has 0 radical (unpaired) electrons. The van der Waals surface area contributed by atoms with Crippen LogP contribution in [0, 0.1) is 20.8 Å². The molecule has 1 fully saturated rings. The van der Waals surface area contributed by atoms with Crippen LogP contribution in [0.5, 0.6) is 0 Å². The van der Waals surface area contributed by atoms with Gasteiger partial charge in [-0.05, 0) is 69.9 Å². The third-order valence-corrected chi connectivity index (χ3v) is 4.69. The van der Waals surface area contributed by atoms with Crippen molar-refractivity contribution >= 4 is 5.91 Å². The van der Waals surface area contributed by atoms with Crippen LogP contribution in [0.1, 0.15) is 47.1 Å². The molecule has 1 aromatic heterocycles. The number of piperidine rings is 1. The minimum absolute atomic E-state index is 0.0586. The summed E-state index contributed by atoms with van der Waals surface area (Å²) in [6.07, 6.45) is 1.21. The highest BCUT2D eigenvalue weighted by Crippen LogP contribution is 2.23. The van der Waals surface area contributed by atoms with Crippen molar-refractivity contribution in [2.45, 2.75) is 46.1 Å². The van der Waals surface area contributed by atoms with Gasteiger partial charge in [0.25, 0.3) is 5.91 Å². The Morgan fingerprint density at radius 1 is 1.08 bits per heavy atom. The fraction of sp³-hybridized carbons (Fsp3) is 0.474. The van der Waals surface area contributed by atoms with E-state index in [4.69, 9.17) is 0 Å². The predicted octanol–water partition coefficient (Wildman–Crippen LogP) is 2.78. The van der Waals surface area contributed by atoms with Crippen LogP contribution in [0.3, 0.4) is 0 Å². The topological polar surface area (TPSA) is 58.4 Å². The lowest BCUT2D eigenvalue weighted by atomic mass is 9.94. The monoisotopic (exact) mass is 327 g/mol. The molecule has 5 heteroatoms. The van der Waals surface area contributed by atoms with E-state index in [1.807, 2.05) is 24.6 Å². The predicted molar refractivity (Wildman–Crippen MR) is 93.5 cm³/mol. The molecular weight excluding hydrogens is 302 g/mol. The highest BCUT2D eigenvalue weighted by atomic mass is 16.3. The van der Waals surface area contributed by atoms with Crippen LogP contribution in [0.2, 0.25) is 0 Å². The van der Waals surface area contributed by atoms with E-state index in [9.17, 15) is 9.90 Å². The maximum Gasteiger partial charge on any atom is 0.274 e. The molecule has 1 amide bonds. The first-order valence-corrected chi connectivity index (χ1v) is 8.42. The van der Waals surface area contributed by atoms with E-state index in [0.717, 1.165) is 11.4 Å². The molecule has 24 heavy (non-hydrogen) atoms. The standard InChI is InChI=1S/C19H25N3O2/c1-13-9-14(2)11-16(10-13)22-15(3)12-17(20-22)18(23)21-7-5-19(4,24)6-8-21/h9-12,24H,5-8H2,1-4H3. The molecule has 0 bridgehead atoms. The lowest BCUT2D eigenvalue weighted by Crippen LogP contribution is -2.45. The summed E-state index contributed by atoms with van der Waals surface area (Å²) in [5.41, 5.74) is 4.06. The van der Waals surface area contributed by atoms with Crippen molar-refractivity contribution in [1.82, 2.24) is 14.7 Å². The number of carbonyl (C=O) groups excluding carboxylic acids is 1. The van der Waals surface area contributed by atoms with Crippen molar-refractivity contribution in [3.8, 4) is 5.69 Å². The molecular formula is C19H25N3O2. The number of rotatable bonds is 2. The summed E-state index contributed by atoms with van der Waals surface area (Å²) >= 11 is 0. The van der Waals surface area contributed by atoms with Crippen LogP contribution in [-0.4, -0.2) is 44.4 Å². The van der Waals surface area contributed by atoms with E-state index >= 15 is 0 Å². The summed E-state index contributed by atoms with van der Waals surface area (Å²) < 4.78 is 1.83. The molecule has 2 heterocycles. The van der Waals surface area contributed by atoms with Crippen molar-refractivity contribution in [2.24, 2.45) is 0 Å². The first kappa shape index (κ1) is 16.7. The molecule has 0 unspecified atom stereocenters. The van der Waals surface area contributed by atoms with E-state index in [1.54, 1.807) is 4.90 Å². The van der Waals surface area contributed by atoms with E-state index < -0.39 is 5.60 Å². The van der Waals surface area contributed by atoms with E-state index in [-0.39, 0.29) is 5.91 Å². The van der Waals surface area contributed by atoms with Gasteiger partial charge in [-0.3, -0.25) is 4.79 Å². The normalized spacial score (nSPS) is 17.1. The van der Waals surface area contributed by atoms with Crippen LogP contribution < -0.4 is 0 Å². The number of aromatic nitrogens is 2. The Morgan fingerprint density at radius 2 is 1.67 bits per heavy atom. The van der Waals surface area contributed by atoms with Gasteiger partial charge in [0.15, 0.2) is 5.69 Å². The van der Waals surface area contributed by atoms with Gasteiger partial charge in [0, 0.05) is 18.8 Å². The zero-order chi connectivity index (χ0) is 17.5. The summed E-state index contributed by atoms with van der Waals surface area (Å²) in [6, 6.07) is 8.10. The second kappa shape index (κ2) is 6.06. The number of carbonyl (C=O) groups is 1. The Labute approximate surface area is 142 Å². The number of benzene rings is 1. The zero-order valence-electron chi connectivity index (χ0n) is 14.8. The quantitative estimate of drug-likeness (QED) is 0.923. The van der Waals surface area contributed by atoms with Crippen molar-refractivity contribution in [3.05, 3.63) is 46.8 Å². The van der Waals surface area contributed by atoms with Crippen LogP contribution in [0.4, 0.5) is 0 Å². The summed E-state index contributed by atoms with van der Waals surface area (Å²) in [5.74, 6) is -0.0586. The van der Waals surface area contributed by atoms with Crippen molar-refractivity contribution in [1.29, 1.82) is 0 Å². The number of amides is 1. The van der Waals surface area contributed by atoms with Gasteiger partial charge >= 0.3 is 0 Å². The van der Waals surface area contributed by atoms with Crippen molar-refractivity contribution in [2.75, 3.05) is 13.1 Å². The first-order chi connectivity index (χ1) is 11.2. The van der Waals surface area contributed by atoms with Gasteiger partial charge in [0.05, 0.1) is 11.3 Å². The Morgan fingerprint density at radius 3 is 2.25 bits per heavy atom. The largest absolute Gasteiger partial charge is 0.390 e. The molecule has 128 valence electrons. The number of aryl methyl sites for hydroxylation is 3. The van der Waals surface area contributed by atoms with Crippen LogP contribution in [0.15, 0.2) is 24.3 Å². The second-order valence-corrected chi connectivity index (χ2v) is 7.22. The fourth-order valence-corrected chi connectivity index (χ4v) is 3.27. The highest BCUT2D eigenvalue weighted by Gasteiger charge is 2.31. The number of likely N-dealkylation sites (tertiary alicyclic amines) is 1. The zero-order valence-corrected chi connectivity index (χ0v) is 14.8. The fourth-order valence-electron chi connectivity index (χ4n) is 3.27. The lowest BCUT2D eigenvalue weighted by Gasteiger charge is -2.35. The number of aliphatic hydroxyl groups is 1. The smallest absolute Gasteiger partial charge is 0.274 e. The van der Waals surface area contributed by atoms with Crippen LogP contribution in [0.25, 0.3) is 5.69 Å². The van der Waals surface area contributed by atoms with E-state index in [2.05, 4.69) is 37.1 Å². The van der Waals surface area contributed by atoms with Crippen LogP contribution >= 0.6 is 0 Å². The Bertz CT molecular complexity index is 747. The SMILES string of the molecule is Cc1cc(C)cc(-n2nc(C(=O)N3CCC(C)(O)CC3)cc2C)c1. The van der Waals surface area contributed by atoms with Gasteiger partial charge in [-0.1, -0.05) is 6.07 Å². The molecule has 2 aromatic rings. The minimum atomic E-state index is -0.662. The second-order valence-electron chi connectivity index (χ2n) is 7.22. The molecule has 1 aliphatic rings. The molecule has 0 atom stereocenters. The first-order valence-electron chi connectivity index (χ1n) is 8.42. The molecule has 0 saturated carbocycles. The molecule has 5 nitrogen and oxygen atoms in total. The highest BCUT2D eigenvalue weighted by molar-refractivity contribution is 5.92. The molecule has 1 aromatic carbocycles. The Kier molecular flexibility index (Phi) is 4.22. The minimum Gasteiger partial charge on any atom is -0.390 e. The van der Waals surface area contributed by atoms with Gasteiger partial charge in [0.1, 0.15) is 0 Å². The average Bonchev–Trinajstić information content (AvgIpc) is 2.87. The third-order valence-electron chi connectivity index (χ3n) is 4.69. The number of hydrogen-bond acceptors (Lipinski definition) is 3. The molecule has 3 rings (SSSR count). The van der Waals surface area contributed by atoms with Crippen molar-refractivity contribution < 1.29 is 9.90 Å². The van der Waals surface area contributed by atoms with E-state index in [0.29, 0.717) is 31.6 Å². The Balaban J connectivity index is 1.85. The molecule has 0 spiro atoms. The van der Waals surface area contributed by atoms with Gasteiger partial charge in [-0.15, -0.1) is 0 Å². The van der Waals surface area contributed by atoms with E-state index in [1.165, 1.54) is 11.1 Å². The number of nitrogens with zero attached hydrogens (tertiary/aromatic N) is 3. The summed E-state index contributed by atoms with van der Waals surface area (Å²) in [5, 5.41) is 14.6. The summed E-state index contributed by atoms with van der Waals surface area (Å²) in [4.78, 5) is 14.5. The molecule has 1 N–H and O–H groups in total. The maximum absolute atomic E-state index is 12.7. The molecule has 0 aliphatic carbocycles. The Hall–Kier alpha value is -2.14. The molecule has 1 saturated heterocycles. The van der Waals surface area contributed by atoms with Gasteiger partial charge < -0.3 is 10.0 Å². The average molecular weight is 327 g/mol. The third kappa shape index (κ3) is 3.36. The lowest BCUT2D eigenvalue weighted by molar-refractivity contribution is -0.00220. The summed E-state index contributed by atoms with van der Waals surface area (Å²) in [6.45, 7) is 9.04. The van der Waals surface area contributed by atoms with Gasteiger partial charge in [-0.25, -0.2) is 4.68 Å².